The molecule has 7 saturated carbocycles. The summed E-state index contributed by atoms with van der Waals surface area (Å²) in [7, 11) is 0. The standard InChI is InChI=1S/C12H20.C11H19NO.C10H12O.C9H16O.C7H13NO.C6H10O/c1-2-12-6-9-3-10(7-12)5-11(4-9)8-12;1-2-11(13)12-7-9-3-4-10(8-12)6-5-9;1-3-10(11)9-7-5-4-6-8(9)2;1-2-9(10)8-6-4-3-5-7-8;1-2-7(9)8-5-3-4-6-8;1-2-6(7)5-3-4-5/h9-11H,2-8H2,1H3;9-10H,2-8H2,1H3;4-7H,3H2,1-2H3;8H,2-7H2,1H3;2-6H2,1H3;5H,2-4H2,1H3. The van der Waals surface area contributed by atoms with Crippen molar-refractivity contribution in [3.63, 3.8) is 0 Å². The van der Waals surface area contributed by atoms with Crippen LogP contribution in [0.25, 0.3) is 0 Å². The van der Waals surface area contributed by atoms with Gasteiger partial charge in [0.05, 0.1) is 0 Å². The molecule has 10 fully saturated rings. The van der Waals surface area contributed by atoms with Crippen molar-refractivity contribution >= 4 is 29.2 Å². The summed E-state index contributed by atoms with van der Waals surface area (Å²) in [6.45, 7) is 18.1. The van der Waals surface area contributed by atoms with Gasteiger partial charge in [0.25, 0.3) is 0 Å². The highest BCUT2D eigenvalue weighted by Gasteiger charge is 2.49. The Morgan fingerprint density at radius 3 is 1.37 bits per heavy atom. The zero-order chi connectivity index (χ0) is 45.1. The topological polar surface area (TPSA) is 91.8 Å². The van der Waals surface area contributed by atoms with Crippen LogP contribution in [-0.2, 0) is 19.2 Å². The maximum Gasteiger partial charge on any atom is 0.222 e. The molecule has 350 valence electrons. The van der Waals surface area contributed by atoms with Crippen LogP contribution in [0.4, 0.5) is 0 Å². The summed E-state index contributed by atoms with van der Waals surface area (Å²) in [5, 5.41) is 0. The van der Waals surface area contributed by atoms with Gasteiger partial charge >= 0.3 is 0 Å². The summed E-state index contributed by atoms with van der Waals surface area (Å²) in [5.74, 6) is 7.82. The fraction of sp³-hybridized carbons (Fsp3) is 0.800. The second-order valence-electron chi connectivity index (χ2n) is 20.6. The van der Waals surface area contributed by atoms with E-state index in [1.165, 1.54) is 64.2 Å². The van der Waals surface area contributed by atoms with E-state index in [0.29, 0.717) is 54.5 Å². The molecule has 0 N–H and O–H groups in total. The molecule has 62 heavy (non-hydrogen) atoms. The van der Waals surface area contributed by atoms with Crippen molar-refractivity contribution in [1.82, 2.24) is 9.80 Å². The van der Waals surface area contributed by atoms with Crippen LogP contribution in [0.1, 0.15) is 218 Å². The van der Waals surface area contributed by atoms with E-state index in [1.54, 1.807) is 38.5 Å². The predicted octanol–water partition coefficient (Wildman–Crippen LogP) is 13.2. The summed E-state index contributed by atoms with van der Waals surface area (Å²) in [6.07, 6.45) is 30.8. The number of aryl methyl sites for hydroxylation is 1. The second kappa shape index (κ2) is 26.8. The Morgan fingerprint density at radius 2 is 0.968 bits per heavy atom. The first-order valence-electron chi connectivity index (χ1n) is 26.1. The minimum atomic E-state index is 0.225. The molecule has 0 aromatic heterocycles. The molecule has 7 nitrogen and oxygen atoms in total. The van der Waals surface area contributed by atoms with Crippen LogP contribution >= 0.6 is 0 Å². The smallest absolute Gasteiger partial charge is 0.222 e. The van der Waals surface area contributed by atoms with Gasteiger partial charge < -0.3 is 9.80 Å². The van der Waals surface area contributed by atoms with Crippen molar-refractivity contribution in [1.29, 1.82) is 0 Å². The van der Waals surface area contributed by atoms with Crippen molar-refractivity contribution in [2.45, 2.75) is 209 Å². The summed E-state index contributed by atoms with van der Waals surface area (Å²) < 4.78 is 0. The quantitative estimate of drug-likeness (QED) is 0.231. The minimum Gasteiger partial charge on any atom is -0.343 e. The lowest BCUT2D eigenvalue weighted by Crippen LogP contribution is -2.45. The molecule has 3 heterocycles. The van der Waals surface area contributed by atoms with Crippen LogP contribution in [0, 0.1) is 53.8 Å². The number of nitrogens with zero attached hydrogens (tertiary/aromatic N) is 2. The maximum atomic E-state index is 11.6. The Morgan fingerprint density at radius 1 is 0.516 bits per heavy atom. The Kier molecular flexibility index (Phi) is 22.4. The summed E-state index contributed by atoms with van der Waals surface area (Å²) in [6, 6.07) is 7.68. The fourth-order valence-electron chi connectivity index (χ4n) is 12.1. The van der Waals surface area contributed by atoms with Gasteiger partial charge in [-0.1, -0.05) is 91.5 Å². The summed E-state index contributed by atoms with van der Waals surface area (Å²) in [5.41, 5.74) is 2.77. The van der Waals surface area contributed by atoms with Crippen molar-refractivity contribution in [2.24, 2.45) is 46.8 Å². The number of fused-ring (bicyclic) bond motifs is 4. The monoisotopic (exact) mass is 859 g/mol. The van der Waals surface area contributed by atoms with Crippen LogP contribution in [0.15, 0.2) is 24.3 Å². The SMILES string of the molecule is CCC(=O)C1CC1.CCC(=O)C1CCCCC1.CCC(=O)N1CC2CCC(CC2)C1.CCC(=O)N1CCCC1.CCC(=O)c1ccccc1C.CCC12CC3CC(CC(C3)C1)C2. The molecular weight excluding hydrogens is 769 g/mol. The molecule has 0 radical (unpaired) electrons. The van der Waals surface area contributed by atoms with Crippen molar-refractivity contribution in [3.05, 3.63) is 35.4 Å². The molecule has 0 unspecified atom stereocenters. The molecule has 10 aliphatic rings. The fourth-order valence-corrected chi connectivity index (χ4v) is 12.1. The zero-order valence-corrected chi connectivity index (χ0v) is 40.8. The number of Topliss-reactive ketones (excluding diaryl/α,β-unsaturated/α-hetero) is 3. The van der Waals surface area contributed by atoms with E-state index >= 15 is 0 Å². The van der Waals surface area contributed by atoms with E-state index in [2.05, 4.69) is 11.8 Å². The molecule has 0 spiro atoms. The highest BCUT2D eigenvalue weighted by molar-refractivity contribution is 5.97. The first-order valence-corrected chi connectivity index (χ1v) is 26.1. The minimum absolute atomic E-state index is 0.225. The van der Waals surface area contributed by atoms with Crippen molar-refractivity contribution in [3.8, 4) is 0 Å². The number of carbonyl (C=O) groups is 5. The molecule has 7 aliphatic carbocycles. The molecule has 7 heteroatoms. The Hall–Kier alpha value is -2.83. The molecule has 6 bridgehead atoms. The first-order chi connectivity index (χ1) is 29.9. The number of hydrogen-bond acceptors (Lipinski definition) is 5. The molecule has 1 aromatic rings. The average molecular weight is 859 g/mol. The molecule has 11 rings (SSSR count). The lowest BCUT2D eigenvalue weighted by molar-refractivity contribution is -0.131. The van der Waals surface area contributed by atoms with Gasteiger partial charge in [0, 0.05) is 75.7 Å². The Labute approximate surface area is 379 Å². The molecule has 1 aromatic carbocycles. The number of benzene rings is 1. The second-order valence-corrected chi connectivity index (χ2v) is 20.6. The van der Waals surface area contributed by atoms with Crippen LogP contribution in [-0.4, -0.2) is 65.1 Å². The third-order valence-corrected chi connectivity index (χ3v) is 15.8. The van der Waals surface area contributed by atoms with Crippen LogP contribution in [0.2, 0.25) is 0 Å². The Balaban J connectivity index is 0.000000165. The zero-order valence-electron chi connectivity index (χ0n) is 40.8. The summed E-state index contributed by atoms with van der Waals surface area (Å²) >= 11 is 0. The Bertz CT molecular complexity index is 1480. The van der Waals surface area contributed by atoms with Crippen molar-refractivity contribution < 1.29 is 24.0 Å². The van der Waals surface area contributed by atoms with E-state index in [1.807, 2.05) is 70.7 Å². The number of carbonyl (C=O) groups excluding carboxylic acids is 5. The maximum absolute atomic E-state index is 11.6. The number of hydrogen-bond donors (Lipinski definition) is 0. The molecule has 3 saturated heterocycles. The number of ketones is 3. The van der Waals surface area contributed by atoms with E-state index in [4.69, 9.17) is 0 Å². The van der Waals surface area contributed by atoms with Gasteiger partial charge in [-0.15, -0.1) is 0 Å². The number of likely N-dealkylation sites (tertiary alicyclic amines) is 1. The normalized spacial score (nSPS) is 27.8. The van der Waals surface area contributed by atoms with Crippen molar-refractivity contribution in [2.75, 3.05) is 26.2 Å². The number of rotatable bonds is 9. The molecule has 0 atom stereocenters. The van der Waals surface area contributed by atoms with Crippen LogP contribution < -0.4 is 0 Å². The predicted molar refractivity (Wildman–Crippen MR) is 255 cm³/mol. The largest absolute Gasteiger partial charge is 0.343 e. The third-order valence-electron chi connectivity index (χ3n) is 15.8. The highest BCUT2D eigenvalue weighted by atomic mass is 16.2. The summed E-state index contributed by atoms with van der Waals surface area (Å²) in [4.78, 5) is 59.5. The molecule has 3 aliphatic heterocycles. The highest BCUT2D eigenvalue weighted by Crippen LogP contribution is 2.61. The van der Waals surface area contributed by atoms with E-state index in [0.717, 1.165) is 111 Å². The first kappa shape index (κ1) is 51.8. The van der Waals surface area contributed by atoms with Crippen LogP contribution in [0.3, 0.4) is 0 Å². The van der Waals surface area contributed by atoms with Gasteiger partial charge in [0.1, 0.15) is 11.6 Å². The lowest BCUT2D eigenvalue weighted by Gasteiger charge is -2.56. The van der Waals surface area contributed by atoms with E-state index in [9.17, 15) is 24.0 Å². The van der Waals surface area contributed by atoms with E-state index < -0.39 is 0 Å². The van der Waals surface area contributed by atoms with Gasteiger partial charge in [-0.2, -0.15) is 0 Å². The number of amides is 2. The third kappa shape index (κ3) is 16.6. The molecule has 2 amide bonds. The lowest BCUT2D eigenvalue weighted by atomic mass is 9.49. The van der Waals surface area contributed by atoms with E-state index in [-0.39, 0.29) is 5.78 Å². The van der Waals surface area contributed by atoms with Gasteiger partial charge in [-0.25, -0.2) is 0 Å². The average Bonchev–Trinajstić information content (AvgIpc) is 4.10. The van der Waals surface area contributed by atoms with Gasteiger partial charge in [-0.3, -0.25) is 24.0 Å². The van der Waals surface area contributed by atoms with Gasteiger partial charge in [0.15, 0.2) is 5.78 Å². The van der Waals surface area contributed by atoms with Gasteiger partial charge in [-0.05, 0) is 150 Å². The van der Waals surface area contributed by atoms with Gasteiger partial charge in [0.2, 0.25) is 11.8 Å². The van der Waals surface area contributed by atoms with Crippen LogP contribution in [0.5, 0.6) is 0 Å². The molecular formula is C55H90N2O5.